The van der Waals surface area contributed by atoms with E-state index >= 15 is 0 Å². The summed E-state index contributed by atoms with van der Waals surface area (Å²) in [4.78, 5) is 12.3. The molecule has 0 aliphatic heterocycles. The van der Waals surface area contributed by atoms with Gasteiger partial charge in [-0.25, -0.2) is 0 Å². The molecule has 0 unspecified atom stereocenters. The number of ether oxygens (including phenoxy) is 1. The summed E-state index contributed by atoms with van der Waals surface area (Å²) in [7, 11) is 0. The fourth-order valence-electron chi connectivity index (χ4n) is 2.39. The Bertz CT molecular complexity index is 812. The molecule has 5 nitrogen and oxygen atoms in total. The summed E-state index contributed by atoms with van der Waals surface area (Å²) in [6, 6.07) is 18.5. The zero-order valence-electron chi connectivity index (χ0n) is 13.5. The zero-order chi connectivity index (χ0) is 16.8. The average Bonchev–Trinajstić information content (AvgIpc) is 3.08. The maximum Gasteiger partial charge on any atom is 0.251 e. The Morgan fingerprint density at radius 2 is 1.88 bits per heavy atom. The highest BCUT2D eigenvalue weighted by Crippen LogP contribution is 2.21. The third-order valence-electron chi connectivity index (χ3n) is 3.61. The Morgan fingerprint density at radius 3 is 2.67 bits per heavy atom. The molecule has 1 amide bonds. The van der Waals surface area contributed by atoms with Gasteiger partial charge in [0.15, 0.2) is 0 Å². The Balaban J connectivity index is 1.66. The number of para-hydroxylation sites is 1. The molecule has 2 aromatic carbocycles. The molecular formula is C19H19N3O2. The first-order chi connectivity index (χ1) is 11.8. The van der Waals surface area contributed by atoms with Crippen molar-refractivity contribution in [2.24, 2.45) is 0 Å². The maximum absolute atomic E-state index is 12.3. The molecule has 3 rings (SSSR count). The number of nitrogens with one attached hydrogen (secondary N) is 1. The molecule has 1 heterocycles. The second-order valence-corrected chi connectivity index (χ2v) is 5.26. The van der Waals surface area contributed by atoms with E-state index in [1.54, 1.807) is 18.3 Å². The van der Waals surface area contributed by atoms with Crippen LogP contribution in [0.4, 0.5) is 0 Å². The lowest BCUT2D eigenvalue weighted by molar-refractivity contribution is 0.0949. The maximum atomic E-state index is 12.3. The minimum Gasteiger partial charge on any atom is -0.457 e. The van der Waals surface area contributed by atoms with Gasteiger partial charge in [0.2, 0.25) is 0 Å². The predicted octanol–water partition coefficient (Wildman–Crippen LogP) is 3.63. The molecule has 0 saturated heterocycles. The summed E-state index contributed by atoms with van der Waals surface area (Å²) >= 11 is 0. The number of hydrogen-bond acceptors (Lipinski definition) is 3. The van der Waals surface area contributed by atoms with Gasteiger partial charge < -0.3 is 10.1 Å². The average molecular weight is 321 g/mol. The summed E-state index contributed by atoms with van der Waals surface area (Å²) in [5.74, 6) is 1.23. The van der Waals surface area contributed by atoms with E-state index in [1.165, 1.54) is 0 Å². The van der Waals surface area contributed by atoms with Gasteiger partial charge in [-0.15, -0.1) is 0 Å². The molecule has 0 aliphatic rings. The van der Waals surface area contributed by atoms with E-state index in [2.05, 4.69) is 10.4 Å². The number of aryl methyl sites for hydroxylation is 1. The summed E-state index contributed by atoms with van der Waals surface area (Å²) in [5, 5.41) is 7.10. The van der Waals surface area contributed by atoms with Crippen LogP contribution in [0.3, 0.4) is 0 Å². The van der Waals surface area contributed by atoms with Gasteiger partial charge >= 0.3 is 0 Å². The lowest BCUT2D eigenvalue weighted by atomic mass is 10.2. The molecule has 3 aromatic rings. The number of benzene rings is 2. The quantitative estimate of drug-likeness (QED) is 0.754. The Hall–Kier alpha value is -3.08. The van der Waals surface area contributed by atoms with Crippen molar-refractivity contribution in [1.29, 1.82) is 0 Å². The van der Waals surface area contributed by atoms with E-state index in [0.29, 0.717) is 17.9 Å². The van der Waals surface area contributed by atoms with E-state index in [1.807, 2.05) is 60.1 Å². The third-order valence-corrected chi connectivity index (χ3v) is 3.61. The van der Waals surface area contributed by atoms with Crippen molar-refractivity contribution >= 4 is 5.91 Å². The second kappa shape index (κ2) is 7.46. The highest BCUT2D eigenvalue weighted by atomic mass is 16.5. The van der Waals surface area contributed by atoms with Crippen LogP contribution >= 0.6 is 0 Å². The largest absolute Gasteiger partial charge is 0.457 e. The van der Waals surface area contributed by atoms with Gasteiger partial charge in [-0.05, 0) is 43.3 Å². The van der Waals surface area contributed by atoms with E-state index in [-0.39, 0.29) is 5.91 Å². The van der Waals surface area contributed by atoms with Crippen LogP contribution in [0, 0.1) is 0 Å². The topological polar surface area (TPSA) is 56.2 Å². The number of nitrogens with zero attached hydrogens (tertiary/aromatic N) is 2. The lowest BCUT2D eigenvalue weighted by Crippen LogP contribution is -2.24. The number of aromatic nitrogens is 2. The highest BCUT2D eigenvalue weighted by molar-refractivity contribution is 5.94. The molecule has 0 radical (unpaired) electrons. The summed E-state index contributed by atoms with van der Waals surface area (Å²) in [6.07, 6.45) is 1.74. The molecule has 1 N–H and O–H groups in total. The smallest absolute Gasteiger partial charge is 0.251 e. The van der Waals surface area contributed by atoms with E-state index in [0.717, 1.165) is 18.0 Å². The number of carbonyl (C=O) groups excluding carboxylic acids is 1. The van der Waals surface area contributed by atoms with Crippen LogP contribution in [-0.4, -0.2) is 15.7 Å². The van der Waals surface area contributed by atoms with Gasteiger partial charge in [-0.1, -0.05) is 24.3 Å². The summed E-state index contributed by atoms with van der Waals surface area (Å²) in [5.41, 5.74) is 1.54. The SMILES string of the molecule is CCn1nccc1CNC(=O)c1cccc(Oc2ccccc2)c1. The highest BCUT2D eigenvalue weighted by Gasteiger charge is 2.08. The van der Waals surface area contributed by atoms with Crippen molar-refractivity contribution in [1.82, 2.24) is 15.1 Å². The lowest BCUT2D eigenvalue weighted by Gasteiger charge is -2.09. The minimum atomic E-state index is -0.141. The van der Waals surface area contributed by atoms with Crippen LogP contribution in [0.1, 0.15) is 23.0 Å². The molecule has 24 heavy (non-hydrogen) atoms. The Morgan fingerprint density at radius 1 is 1.08 bits per heavy atom. The number of rotatable bonds is 6. The molecule has 0 spiro atoms. The van der Waals surface area contributed by atoms with Crippen LogP contribution in [0.2, 0.25) is 0 Å². The number of amides is 1. The van der Waals surface area contributed by atoms with Crippen LogP contribution < -0.4 is 10.1 Å². The summed E-state index contributed by atoms with van der Waals surface area (Å²) in [6.45, 7) is 3.23. The normalized spacial score (nSPS) is 10.4. The van der Waals surface area contributed by atoms with Gasteiger partial charge in [-0.2, -0.15) is 5.10 Å². The molecular weight excluding hydrogens is 302 g/mol. The minimum absolute atomic E-state index is 0.141. The Labute approximate surface area is 140 Å². The van der Waals surface area contributed by atoms with Gasteiger partial charge in [-0.3, -0.25) is 9.48 Å². The summed E-state index contributed by atoms with van der Waals surface area (Å²) < 4.78 is 7.62. The number of hydrogen-bond donors (Lipinski definition) is 1. The van der Waals surface area contributed by atoms with Crippen molar-refractivity contribution in [3.05, 3.63) is 78.1 Å². The van der Waals surface area contributed by atoms with Crippen molar-refractivity contribution in [3.8, 4) is 11.5 Å². The zero-order valence-corrected chi connectivity index (χ0v) is 13.5. The van der Waals surface area contributed by atoms with Crippen molar-refractivity contribution in [2.45, 2.75) is 20.0 Å². The first kappa shape index (κ1) is 15.8. The van der Waals surface area contributed by atoms with Crippen molar-refractivity contribution in [2.75, 3.05) is 0 Å². The van der Waals surface area contributed by atoms with Crippen molar-refractivity contribution in [3.63, 3.8) is 0 Å². The van der Waals surface area contributed by atoms with Crippen molar-refractivity contribution < 1.29 is 9.53 Å². The molecule has 0 aliphatic carbocycles. The van der Waals surface area contributed by atoms with Crippen LogP contribution in [0.25, 0.3) is 0 Å². The van der Waals surface area contributed by atoms with Gasteiger partial charge in [0.1, 0.15) is 11.5 Å². The van der Waals surface area contributed by atoms with Gasteiger partial charge in [0, 0.05) is 18.3 Å². The van der Waals surface area contributed by atoms with E-state index in [9.17, 15) is 4.79 Å². The molecule has 0 atom stereocenters. The van der Waals surface area contributed by atoms with Crippen LogP contribution in [-0.2, 0) is 13.1 Å². The van der Waals surface area contributed by atoms with E-state index < -0.39 is 0 Å². The molecule has 122 valence electrons. The molecule has 0 saturated carbocycles. The molecule has 0 fully saturated rings. The first-order valence-electron chi connectivity index (χ1n) is 7.88. The third kappa shape index (κ3) is 3.81. The monoisotopic (exact) mass is 321 g/mol. The standard InChI is InChI=1S/C19H19N3O2/c1-2-22-16(11-12-21-22)14-20-19(23)15-7-6-10-18(13-15)24-17-8-4-3-5-9-17/h3-13H,2,14H2,1H3,(H,20,23). The molecule has 0 bridgehead atoms. The Kier molecular flexibility index (Phi) is 4.91. The fourth-order valence-corrected chi connectivity index (χ4v) is 2.39. The van der Waals surface area contributed by atoms with Crippen LogP contribution in [0.5, 0.6) is 11.5 Å². The van der Waals surface area contributed by atoms with Crippen LogP contribution in [0.15, 0.2) is 66.9 Å². The first-order valence-corrected chi connectivity index (χ1v) is 7.88. The van der Waals surface area contributed by atoms with E-state index in [4.69, 9.17) is 4.74 Å². The fraction of sp³-hybridized carbons (Fsp3) is 0.158. The van der Waals surface area contributed by atoms with Gasteiger partial charge in [0.05, 0.1) is 12.2 Å². The molecule has 1 aromatic heterocycles. The predicted molar refractivity (Wildman–Crippen MR) is 92.0 cm³/mol. The second-order valence-electron chi connectivity index (χ2n) is 5.26. The molecule has 5 heteroatoms. The van der Waals surface area contributed by atoms with Gasteiger partial charge in [0.25, 0.3) is 5.91 Å². The number of carbonyl (C=O) groups is 1.